The molecule has 1 saturated heterocycles. The van der Waals surface area contributed by atoms with Crippen molar-refractivity contribution in [2.45, 2.75) is 32.7 Å². The van der Waals surface area contributed by atoms with Crippen molar-refractivity contribution in [2.75, 3.05) is 18.4 Å². The number of amides is 1. The second-order valence-electron chi connectivity index (χ2n) is 7.29. The molecule has 1 aliphatic rings. The Morgan fingerprint density at radius 1 is 1.25 bits per heavy atom. The molecule has 4 rings (SSSR count). The number of nitrogens with one attached hydrogen (secondary N) is 1. The minimum absolute atomic E-state index is 0.0114. The van der Waals surface area contributed by atoms with Crippen LogP contribution in [-0.2, 0) is 17.8 Å². The minimum atomic E-state index is -0.0114. The SMILES string of the molecule is CCc1ccc(CN2CCC[C@@H](C(=O)Nc3cccc(-n4cccn4)c3)C2)o1. The van der Waals surface area contributed by atoms with Crippen LogP contribution in [-0.4, -0.2) is 33.7 Å². The molecule has 1 aromatic carbocycles. The lowest BCUT2D eigenvalue weighted by molar-refractivity contribution is -0.121. The number of aryl methyl sites for hydroxylation is 1. The molecule has 1 aliphatic heterocycles. The fraction of sp³-hybridized carbons (Fsp3) is 0.364. The van der Waals surface area contributed by atoms with Crippen LogP contribution in [0, 0.1) is 5.92 Å². The number of aromatic nitrogens is 2. The van der Waals surface area contributed by atoms with Crippen molar-refractivity contribution in [3.05, 3.63) is 66.4 Å². The van der Waals surface area contributed by atoms with Crippen LogP contribution in [0.3, 0.4) is 0 Å². The zero-order chi connectivity index (χ0) is 19.3. The van der Waals surface area contributed by atoms with E-state index in [1.54, 1.807) is 10.9 Å². The maximum atomic E-state index is 12.8. The van der Waals surface area contributed by atoms with Crippen molar-refractivity contribution in [1.29, 1.82) is 0 Å². The number of benzene rings is 1. The highest BCUT2D eigenvalue weighted by atomic mass is 16.3. The summed E-state index contributed by atoms with van der Waals surface area (Å²) in [4.78, 5) is 15.1. The Kier molecular flexibility index (Phi) is 5.58. The van der Waals surface area contributed by atoms with Crippen LogP contribution in [0.15, 0.2) is 59.3 Å². The highest BCUT2D eigenvalue weighted by molar-refractivity contribution is 5.93. The first kappa shape index (κ1) is 18.5. The van der Waals surface area contributed by atoms with Crippen molar-refractivity contribution < 1.29 is 9.21 Å². The normalized spacial score (nSPS) is 17.5. The molecule has 146 valence electrons. The van der Waals surface area contributed by atoms with Crippen LogP contribution in [0.25, 0.3) is 5.69 Å². The number of nitrogens with zero attached hydrogens (tertiary/aromatic N) is 3. The molecule has 2 aromatic heterocycles. The minimum Gasteiger partial charge on any atom is -0.465 e. The molecule has 3 heterocycles. The van der Waals surface area contributed by atoms with E-state index in [4.69, 9.17) is 4.42 Å². The summed E-state index contributed by atoms with van der Waals surface area (Å²) in [6, 6.07) is 13.7. The van der Waals surface area contributed by atoms with Crippen molar-refractivity contribution in [3.8, 4) is 5.69 Å². The molecule has 1 atom stereocenters. The van der Waals surface area contributed by atoms with E-state index in [1.807, 2.05) is 48.7 Å². The van der Waals surface area contributed by atoms with Gasteiger partial charge in [0.25, 0.3) is 0 Å². The maximum Gasteiger partial charge on any atom is 0.228 e. The van der Waals surface area contributed by atoms with Crippen LogP contribution in [0.5, 0.6) is 0 Å². The lowest BCUT2D eigenvalue weighted by Crippen LogP contribution is -2.40. The van der Waals surface area contributed by atoms with E-state index in [0.717, 1.165) is 61.8 Å². The molecule has 0 spiro atoms. The van der Waals surface area contributed by atoms with Crippen LogP contribution in [0.1, 0.15) is 31.3 Å². The highest BCUT2D eigenvalue weighted by Crippen LogP contribution is 2.22. The van der Waals surface area contributed by atoms with E-state index in [2.05, 4.69) is 22.2 Å². The molecule has 0 radical (unpaired) electrons. The first-order valence-corrected chi connectivity index (χ1v) is 9.92. The molecule has 0 unspecified atom stereocenters. The van der Waals surface area contributed by atoms with Gasteiger partial charge in [-0.25, -0.2) is 4.68 Å². The lowest BCUT2D eigenvalue weighted by atomic mass is 9.97. The second-order valence-corrected chi connectivity index (χ2v) is 7.29. The molecule has 0 aliphatic carbocycles. The van der Waals surface area contributed by atoms with Crippen LogP contribution < -0.4 is 5.32 Å². The molecule has 1 amide bonds. The molecule has 28 heavy (non-hydrogen) atoms. The average Bonchev–Trinajstić information content (AvgIpc) is 3.40. The van der Waals surface area contributed by atoms with E-state index in [1.165, 1.54) is 0 Å². The monoisotopic (exact) mass is 378 g/mol. The summed E-state index contributed by atoms with van der Waals surface area (Å²) < 4.78 is 7.61. The van der Waals surface area contributed by atoms with Crippen molar-refractivity contribution in [3.63, 3.8) is 0 Å². The summed E-state index contributed by atoms with van der Waals surface area (Å²) in [7, 11) is 0. The van der Waals surface area contributed by atoms with Crippen molar-refractivity contribution in [1.82, 2.24) is 14.7 Å². The van der Waals surface area contributed by atoms with Gasteiger partial charge in [0.2, 0.25) is 5.91 Å². The molecule has 6 nitrogen and oxygen atoms in total. The predicted octanol–water partition coefficient (Wildman–Crippen LogP) is 3.88. The third-order valence-corrected chi connectivity index (χ3v) is 5.20. The average molecular weight is 378 g/mol. The third kappa shape index (κ3) is 4.34. The zero-order valence-corrected chi connectivity index (χ0v) is 16.2. The number of hydrogen-bond acceptors (Lipinski definition) is 4. The van der Waals surface area contributed by atoms with Crippen LogP contribution >= 0.6 is 0 Å². The van der Waals surface area contributed by atoms with Gasteiger partial charge in [-0.1, -0.05) is 13.0 Å². The van der Waals surface area contributed by atoms with Crippen molar-refractivity contribution >= 4 is 11.6 Å². The van der Waals surface area contributed by atoms with Crippen LogP contribution in [0.4, 0.5) is 5.69 Å². The molecular weight excluding hydrogens is 352 g/mol. The third-order valence-electron chi connectivity index (χ3n) is 5.20. The molecule has 3 aromatic rings. The zero-order valence-electron chi connectivity index (χ0n) is 16.2. The Bertz CT molecular complexity index is 916. The number of furan rings is 1. The second kappa shape index (κ2) is 8.44. The molecule has 0 bridgehead atoms. The van der Waals surface area contributed by atoms with Gasteiger partial charge in [-0.05, 0) is 55.8 Å². The van der Waals surface area contributed by atoms with Gasteiger partial charge in [-0.2, -0.15) is 5.10 Å². The number of likely N-dealkylation sites (tertiary alicyclic amines) is 1. The molecule has 1 N–H and O–H groups in total. The Hall–Kier alpha value is -2.86. The highest BCUT2D eigenvalue weighted by Gasteiger charge is 2.26. The van der Waals surface area contributed by atoms with Gasteiger partial charge in [-0.3, -0.25) is 9.69 Å². The van der Waals surface area contributed by atoms with Gasteiger partial charge in [-0.15, -0.1) is 0 Å². The fourth-order valence-electron chi connectivity index (χ4n) is 3.72. The Morgan fingerprint density at radius 3 is 2.93 bits per heavy atom. The summed E-state index contributed by atoms with van der Waals surface area (Å²) in [5.41, 5.74) is 1.73. The van der Waals surface area contributed by atoms with Gasteiger partial charge < -0.3 is 9.73 Å². The molecule has 1 fully saturated rings. The Labute approximate surface area is 165 Å². The lowest BCUT2D eigenvalue weighted by Gasteiger charge is -2.31. The molecule has 0 saturated carbocycles. The van der Waals surface area contributed by atoms with Gasteiger partial charge >= 0.3 is 0 Å². The number of carbonyl (C=O) groups excluding carboxylic acids is 1. The number of piperidine rings is 1. The summed E-state index contributed by atoms with van der Waals surface area (Å²) in [5, 5.41) is 7.32. The standard InChI is InChI=1S/C22H26N4O2/c1-2-20-9-10-21(28-20)16-25-12-4-6-17(15-25)22(27)24-18-7-3-8-19(14-18)26-13-5-11-23-26/h3,5,7-11,13-14,17H,2,4,6,12,15-16H2,1H3,(H,24,27)/t17-/m1/s1. The van der Waals surface area contributed by atoms with Crippen LogP contribution in [0.2, 0.25) is 0 Å². The summed E-state index contributed by atoms with van der Waals surface area (Å²) in [5.74, 6) is 2.06. The fourth-order valence-corrected chi connectivity index (χ4v) is 3.72. The first-order valence-electron chi connectivity index (χ1n) is 9.92. The smallest absolute Gasteiger partial charge is 0.228 e. The maximum absolute atomic E-state index is 12.8. The topological polar surface area (TPSA) is 63.3 Å². The van der Waals surface area contributed by atoms with E-state index in [-0.39, 0.29) is 11.8 Å². The van der Waals surface area contributed by atoms with Gasteiger partial charge in [0.15, 0.2) is 0 Å². The van der Waals surface area contributed by atoms with Gasteiger partial charge in [0.1, 0.15) is 11.5 Å². The first-order chi connectivity index (χ1) is 13.7. The van der Waals surface area contributed by atoms with Crippen molar-refractivity contribution in [2.24, 2.45) is 5.92 Å². The largest absolute Gasteiger partial charge is 0.465 e. The number of anilines is 1. The van der Waals surface area contributed by atoms with Gasteiger partial charge in [0.05, 0.1) is 18.2 Å². The van der Waals surface area contributed by atoms with Gasteiger partial charge in [0, 0.05) is 31.0 Å². The number of rotatable bonds is 6. The Balaban J connectivity index is 1.37. The molecule has 6 heteroatoms. The summed E-state index contributed by atoms with van der Waals surface area (Å²) in [6.07, 6.45) is 6.47. The van der Waals surface area contributed by atoms with E-state index in [0.29, 0.717) is 0 Å². The van der Waals surface area contributed by atoms with E-state index in [9.17, 15) is 4.79 Å². The van der Waals surface area contributed by atoms with E-state index >= 15 is 0 Å². The number of carbonyl (C=O) groups is 1. The van der Waals surface area contributed by atoms with E-state index < -0.39 is 0 Å². The Morgan fingerprint density at radius 2 is 2.14 bits per heavy atom. The molecular formula is C22H26N4O2. The summed E-state index contributed by atoms with van der Waals surface area (Å²) >= 11 is 0. The number of hydrogen-bond donors (Lipinski definition) is 1. The predicted molar refractivity (Wildman–Crippen MR) is 108 cm³/mol. The summed E-state index contributed by atoms with van der Waals surface area (Å²) in [6.45, 7) is 4.61. The quantitative estimate of drug-likeness (QED) is 0.707.